The van der Waals surface area contributed by atoms with Gasteiger partial charge in [0.25, 0.3) is 10.0 Å². The number of carbonyl (C=O) groups is 1. The number of amides is 1. The van der Waals surface area contributed by atoms with Gasteiger partial charge in [-0.2, -0.15) is 14.4 Å². The van der Waals surface area contributed by atoms with E-state index in [0.717, 1.165) is 4.88 Å². The molecule has 124 valence electrons. The molecule has 1 fully saturated rings. The first kappa shape index (κ1) is 16.1. The van der Waals surface area contributed by atoms with Gasteiger partial charge in [0.05, 0.1) is 5.92 Å². The number of nitrogens with one attached hydrogen (secondary N) is 2. The van der Waals surface area contributed by atoms with Crippen molar-refractivity contribution >= 4 is 33.2 Å². The van der Waals surface area contributed by atoms with Crippen LogP contribution in [0.2, 0.25) is 0 Å². The topological polar surface area (TPSA) is 108 Å². The first-order valence-electron chi connectivity index (χ1n) is 7.19. The lowest BCUT2D eigenvalue weighted by molar-refractivity contribution is -0.120. The predicted molar refractivity (Wildman–Crippen MR) is 85.6 cm³/mol. The fraction of sp³-hybridized carbons (Fsp3) is 0.462. The Balaban J connectivity index is 1.71. The fourth-order valence-electron chi connectivity index (χ4n) is 2.54. The van der Waals surface area contributed by atoms with Crippen LogP contribution in [0, 0.1) is 12.8 Å². The summed E-state index contributed by atoms with van der Waals surface area (Å²) in [5.41, 5.74) is 0. The zero-order valence-corrected chi connectivity index (χ0v) is 14.2. The standard InChI is InChI=1S/C13H17N5O3S2/c1-9-4-5-11(22-9)23(20,21)18-6-2-3-10(7-18)12(19)16-13-14-8-15-17-13/h4-5,8,10H,2-3,6-7H2,1H3,(H2,14,15,16,17,19). The Morgan fingerprint density at radius 2 is 2.30 bits per heavy atom. The first-order valence-corrected chi connectivity index (χ1v) is 9.45. The Morgan fingerprint density at radius 3 is 2.96 bits per heavy atom. The summed E-state index contributed by atoms with van der Waals surface area (Å²) in [6.45, 7) is 2.48. The molecule has 1 unspecified atom stereocenters. The molecule has 8 nitrogen and oxygen atoms in total. The summed E-state index contributed by atoms with van der Waals surface area (Å²) < 4.78 is 27.0. The second kappa shape index (κ2) is 6.38. The molecule has 2 aromatic heterocycles. The molecule has 0 bridgehead atoms. The maximum atomic E-state index is 12.7. The lowest BCUT2D eigenvalue weighted by Gasteiger charge is -2.30. The summed E-state index contributed by atoms with van der Waals surface area (Å²) in [4.78, 5) is 17.0. The predicted octanol–water partition coefficient (Wildman–Crippen LogP) is 1.21. The molecule has 1 atom stereocenters. The van der Waals surface area contributed by atoms with Gasteiger partial charge in [0.1, 0.15) is 10.5 Å². The zero-order chi connectivity index (χ0) is 16.4. The first-order chi connectivity index (χ1) is 11.0. The van der Waals surface area contributed by atoms with Crippen LogP contribution >= 0.6 is 11.3 Å². The summed E-state index contributed by atoms with van der Waals surface area (Å²) in [7, 11) is -3.53. The molecular weight excluding hydrogens is 338 g/mol. The average Bonchev–Trinajstić information content (AvgIpc) is 3.19. The number of sulfonamides is 1. The molecule has 1 aliphatic heterocycles. The Kier molecular flexibility index (Phi) is 4.46. The molecule has 0 saturated carbocycles. The fourth-order valence-corrected chi connectivity index (χ4v) is 5.50. The molecule has 1 saturated heterocycles. The van der Waals surface area contributed by atoms with Crippen LogP contribution in [0.25, 0.3) is 0 Å². The molecule has 0 spiro atoms. The van der Waals surface area contributed by atoms with Gasteiger partial charge >= 0.3 is 0 Å². The van der Waals surface area contributed by atoms with Crippen LogP contribution in [0.1, 0.15) is 17.7 Å². The van der Waals surface area contributed by atoms with Crippen LogP contribution in [0.3, 0.4) is 0 Å². The molecular formula is C13H17N5O3S2. The van der Waals surface area contributed by atoms with Crippen LogP contribution in [0.5, 0.6) is 0 Å². The lowest BCUT2D eigenvalue weighted by Crippen LogP contribution is -2.43. The van der Waals surface area contributed by atoms with Gasteiger partial charge in [0.2, 0.25) is 11.9 Å². The van der Waals surface area contributed by atoms with E-state index >= 15 is 0 Å². The van der Waals surface area contributed by atoms with E-state index in [1.807, 2.05) is 6.92 Å². The van der Waals surface area contributed by atoms with E-state index in [4.69, 9.17) is 0 Å². The van der Waals surface area contributed by atoms with Crippen molar-refractivity contribution in [3.8, 4) is 0 Å². The van der Waals surface area contributed by atoms with Crippen molar-refractivity contribution in [1.29, 1.82) is 0 Å². The van der Waals surface area contributed by atoms with Crippen LogP contribution < -0.4 is 5.32 Å². The van der Waals surface area contributed by atoms with Gasteiger partial charge in [-0.15, -0.1) is 11.3 Å². The number of hydrogen-bond acceptors (Lipinski definition) is 6. The minimum Gasteiger partial charge on any atom is -0.295 e. The van der Waals surface area contributed by atoms with Crippen LogP contribution in [-0.4, -0.2) is 46.9 Å². The number of nitrogens with zero attached hydrogens (tertiary/aromatic N) is 3. The van der Waals surface area contributed by atoms with Gasteiger partial charge in [-0.1, -0.05) is 0 Å². The number of aromatic nitrogens is 3. The second-order valence-electron chi connectivity index (χ2n) is 5.39. The number of piperidine rings is 1. The van der Waals surface area contributed by atoms with E-state index < -0.39 is 15.9 Å². The Hall–Kier alpha value is -1.78. The van der Waals surface area contributed by atoms with Crippen LogP contribution in [0.4, 0.5) is 5.95 Å². The number of anilines is 1. The Bertz CT molecular complexity index is 784. The summed E-state index contributed by atoms with van der Waals surface area (Å²) >= 11 is 1.25. The number of thiophene rings is 1. The van der Waals surface area contributed by atoms with Crippen molar-refractivity contribution in [3.05, 3.63) is 23.3 Å². The second-order valence-corrected chi connectivity index (χ2v) is 8.84. The minimum absolute atomic E-state index is 0.180. The van der Waals surface area contributed by atoms with E-state index in [1.165, 1.54) is 22.0 Å². The normalized spacial score (nSPS) is 19.6. The molecule has 3 heterocycles. The lowest BCUT2D eigenvalue weighted by atomic mass is 9.99. The molecule has 1 aliphatic rings. The number of carbonyl (C=O) groups excluding carboxylic acids is 1. The molecule has 1 amide bonds. The molecule has 0 radical (unpaired) electrons. The molecule has 3 rings (SSSR count). The quantitative estimate of drug-likeness (QED) is 0.857. The molecule has 0 aromatic carbocycles. The third kappa shape index (κ3) is 3.43. The molecule has 2 aromatic rings. The van der Waals surface area contributed by atoms with Crippen molar-refractivity contribution in [2.75, 3.05) is 18.4 Å². The van der Waals surface area contributed by atoms with E-state index in [-0.39, 0.29) is 18.4 Å². The van der Waals surface area contributed by atoms with Crippen molar-refractivity contribution in [2.45, 2.75) is 24.0 Å². The summed E-state index contributed by atoms with van der Waals surface area (Å²) in [5.74, 6) is -0.377. The maximum absolute atomic E-state index is 12.7. The van der Waals surface area contributed by atoms with Crippen molar-refractivity contribution in [1.82, 2.24) is 19.5 Å². The number of hydrogen-bond donors (Lipinski definition) is 2. The van der Waals surface area contributed by atoms with Crippen molar-refractivity contribution in [3.63, 3.8) is 0 Å². The highest BCUT2D eigenvalue weighted by molar-refractivity contribution is 7.91. The highest BCUT2D eigenvalue weighted by atomic mass is 32.2. The molecule has 23 heavy (non-hydrogen) atoms. The van der Waals surface area contributed by atoms with E-state index in [1.54, 1.807) is 12.1 Å². The maximum Gasteiger partial charge on any atom is 0.252 e. The zero-order valence-electron chi connectivity index (χ0n) is 12.5. The molecule has 0 aliphatic carbocycles. The highest BCUT2D eigenvalue weighted by Gasteiger charge is 2.34. The number of aromatic amines is 1. The third-order valence-electron chi connectivity index (χ3n) is 3.72. The molecule has 2 N–H and O–H groups in total. The number of aryl methyl sites for hydroxylation is 1. The van der Waals surface area contributed by atoms with E-state index in [0.29, 0.717) is 23.6 Å². The number of rotatable bonds is 4. The van der Waals surface area contributed by atoms with Gasteiger partial charge < -0.3 is 0 Å². The SMILES string of the molecule is Cc1ccc(S(=O)(=O)N2CCCC(C(=O)Nc3ncn[nH]3)C2)s1. The van der Waals surface area contributed by atoms with Crippen molar-refractivity contribution in [2.24, 2.45) is 5.92 Å². The van der Waals surface area contributed by atoms with Gasteiger partial charge in [-0.25, -0.2) is 13.5 Å². The summed E-state index contributed by atoms with van der Waals surface area (Å²) in [6.07, 6.45) is 2.60. The minimum atomic E-state index is -3.53. The van der Waals surface area contributed by atoms with Crippen molar-refractivity contribution < 1.29 is 13.2 Å². The van der Waals surface area contributed by atoms with Gasteiger partial charge in [-0.3, -0.25) is 10.1 Å². The van der Waals surface area contributed by atoms with Crippen LogP contribution in [0.15, 0.2) is 22.7 Å². The number of H-pyrrole nitrogens is 1. The monoisotopic (exact) mass is 355 g/mol. The van der Waals surface area contributed by atoms with Crippen LogP contribution in [-0.2, 0) is 14.8 Å². The Labute approximate surface area is 138 Å². The highest BCUT2D eigenvalue weighted by Crippen LogP contribution is 2.28. The average molecular weight is 355 g/mol. The van der Waals surface area contributed by atoms with Gasteiger partial charge in [-0.05, 0) is 31.9 Å². The molecule has 10 heteroatoms. The van der Waals surface area contributed by atoms with Gasteiger partial charge in [0.15, 0.2) is 0 Å². The third-order valence-corrected chi connectivity index (χ3v) is 7.05. The summed E-state index contributed by atoms with van der Waals surface area (Å²) in [6, 6.07) is 3.41. The van der Waals surface area contributed by atoms with E-state index in [2.05, 4.69) is 20.5 Å². The van der Waals surface area contributed by atoms with Gasteiger partial charge in [0, 0.05) is 18.0 Å². The Morgan fingerprint density at radius 1 is 1.48 bits per heavy atom. The summed E-state index contributed by atoms with van der Waals surface area (Å²) in [5, 5.41) is 8.84. The smallest absolute Gasteiger partial charge is 0.252 e. The van der Waals surface area contributed by atoms with E-state index in [9.17, 15) is 13.2 Å². The largest absolute Gasteiger partial charge is 0.295 e.